The van der Waals surface area contributed by atoms with Crippen molar-refractivity contribution in [3.05, 3.63) is 114 Å². The lowest BCUT2D eigenvalue weighted by Gasteiger charge is -2.33. The normalized spacial score (nSPS) is 19.4. The summed E-state index contributed by atoms with van der Waals surface area (Å²) in [5, 5.41) is 6.46. The molecule has 2 aromatic carbocycles. The molecule has 2 N–H and O–H groups in total. The molecule has 0 bridgehead atoms. The predicted molar refractivity (Wildman–Crippen MR) is 132 cm³/mol. The number of nitrogens with one attached hydrogen (secondary N) is 2. The molecule has 0 radical (unpaired) electrons. The van der Waals surface area contributed by atoms with Gasteiger partial charge in [-0.1, -0.05) is 30.3 Å². The average Bonchev–Trinajstić information content (AvgIpc) is 3.57. The quantitative estimate of drug-likeness (QED) is 0.362. The van der Waals surface area contributed by atoms with Crippen molar-refractivity contribution in [1.29, 1.82) is 0 Å². The lowest BCUT2D eigenvalue weighted by Crippen LogP contribution is -2.40. The molecule has 0 saturated heterocycles. The molecule has 35 heavy (non-hydrogen) atoms. The molecule has 1 aliphatic carbocycles. The van der Waals surface area contributed by atoms with E-state index >= 15 is 0 Å². The summed E-state index contributed by atoms with van der Waals surface area (Å²) < 4.78 is 11.4. The number of allylic oxidation sites excluding steroid dienone is 1. The summed E-state index contributed by atoms with van der Waals surface area (Å²) in [5.74, 6) is 1.16. The second-order valence-corrected chi connectivity index (χ2v) is 8.66. The standard InChI is InChI=1S/C28H23N3O4/c32-23-17-18(24-12-6-14-34-24)16-21-26(23)27(25-13-7-15-35-25)31(22-11-5-4-10-20(22)30-21)28(33)29-19-8-2-1-3-9-19/h1-15,18,27,30H,16-17H2,(H,29,33). The van der Waals surface area contributed by atoms with Gasteiger partial charge in [0.2, 0.25) is 0 Å². The largest absolute Gasteiger partial charge is 0.469 e. The van der Waals surface area contributed by atoms with E-state index in [-0.39, 0.29) is 24.2 Å². The molecule has 2 unspecified atom stereocenters. The number of carbonyl (C=O) groups excluding carboxylic acids is 2. The third-order valence-corrected chi connectivity index (χ3v) is 6.49. The summed E-state index contributed by atoms with van der Waals surface area (Å²) in [6, 6.07) is 23.0. The molecule has 7 nitrogen and oxygen atoms in total. The van der Waals surface area contributed by atoms with Gasteiger partial charge in [0, 0.05) is 29.3 Å². The molecular weight excluding hydrogens is 442 g/mol. The van der Waals surface area contributed by atoms with Crippen LogP contribution in [-0.2, 0) is 4.79 Å². The van der Waals surface area contributed by atoms with E-state index in [1.807, 2.05) is 66.7 Å². The molecule has 2 aromatic heterocycles. The molecule has 2 amide bonds. The maximum atomic E-state index is 13.8. The number of anilines is 3. The number of nitrogens with zero attached hydrogens (tertiary/aromatic N) is 1. The van der Waals surface area contributed by atoms with Crippen molar-refractivity contribution in [2.75, 3.05) is 15.5 Å². The molecule has 7 heteroatoms. The first-order valence-corrected chi connectivity index (χ1v) is 11.5. The number of amides is 2. The number of rotatable bonds is 3. The highest BCUT2D eigenvalue weighted by Crippen LogP contribution is 2.47. The van der Waals surface area contributed by atoms with Gasteiger partial charge in [-0.3, -0.25) is 9.69 Å². The van der Waals surface area contributed by atoms with Crippen LogP contribution in [0.15, 0.2) is 111 Å². The Kier molecular flexibility index (Phi) is 5.22. The number of ketones is 1. The van der Waals surface area contributed by atoms with Crippen LogP contribution in [0.4, 0.5) is 21.9 Å². The minimum absolute atomic E-state index is 0.0492. The Morgan fingerprint density at radius 2 is 1.57 bits per heavy atom. The van der Waals surface area contributed by atoms with Crippen molar-refractivity contribution in [3.8, 4) is 0 Å². The van der Waals surface area contributed by atoms with Crippen LogP contribution in [0.5, 0.6) is 0 Å². The van der Waals surface area contributed by atoms with Gasteiger partial charge in [0.25, 0.3) is 0 Å². The van der Waals surface area contributed by atoms with E-state index in [1.54, 1.807) is 29.6 Å². The first-order chi connectivity index (χ1) is 17.2. The summed E-state index contributed by atoms with van der Waals surface area (Å²) >= 11 is 0. The molecule has 0 saturated carbocycles. The smallest absolute Gasteiger partial charge is 0.327 e. The van der Waals surface area contributed by atoms with Gasteiger partial charge in [-0.15, -0.1) is 0 Å². The van der Waals surface area contributed by atoms with Crippen molar-refractivity contribution in [2.24, 2.45) is 0 Å². The van der Waals surface area contributed by atoms with Gasteiger partial charge < -0.3 is 19.5 Å². The van der Waals surface area contributed by atoms with Crippen molar-refractivity contribution in [3.63, 3.8) is 0 Å². The molecule has 3 heterocycles. The molecule has 2 aliphatic rings. The lowest BCUT2D eigenvalue weighted by atomic mass is 9.81. The maximum Gasteiger partial charge on any atom is 0.327 e. The fourth-order valence-electron chi connectivity index (χ4n) is 4.96. The van der Waals surface area contributed by atoms with Crippen molar-refractivity contribution >= 4 is 28.9 Å². The van der Waals surface area contributed by atoms with E-state index < -0.39 is 6.04 Å². The summed E-state index contributed by atoms with van der Waals surface area (Å²) in [4.78, 5) is 29.2. The van der Waals surface area contributed by atoms with Crippen LogP contribution in [0, 0.1) is 0 Å². The Hall–Kier alpha value is -4.52. The number of urea groups is 1. The summed E-state index contributed by atoms with van der Waals surface area (Å²) in [7, 11) is 0. The molecule has 0 fully saturated rings. The van der Waals surface area contributed by atoms with Gasteiger partial charge in [-0.05, 0) is 55.0 Å². The average molecular weight is 466 g/mol. The number of furan rings is 2. The molecule has 1 aliphatic heterocycles. The fourth-order valence-corrected chi connectivity index (χ4v) is 4.96. The van der Waals surface area contributed by atoms with E-state index in [9.17, 15) is 9.59 Å². The van der Waals surface area contributed by atoms with Crippen LogP contribution in [0.25, 0.3) is 0 Å². The number of benzene rings is 2. The van der Waals surface area contributed by atoms with Gasteiger partial charge in [0.15, 0.2) is 5.78 Å². The van der Waals surface area contributed by atoms with Crippen LogP contribution in [-0.4, -0.2) is 11.8 Å². The number of hydrogen-bond acceptors (Lipinski definition) is 5. The Labute approximate surface area is 202 Å². The Bertz CT molecular complexity index is 1390. The Morgan fingerprint density at radius 3 is 2.31 bits per heavy atom. The second kappa shape index (κ2) is 8.68. The van der Waals surface area contributed by atoms with Crippen LogP contribution in [0.1, 0.15) is 36.3 Å². The molecule has 174 valence electrons. The van der Waals surface area contributed by atoms with Gasteiger partial charge in [-0.2, -0.15) is 0 Å². The van der Waals surface area contributed by atoms with E-state index in [1.165, 1.54) is 0 Å². The van der Waals surface area contributed by atoms with E-state index in [0.717, 1.165) is 17.1 Å². The summed E-state index contributed by atoms with van der Waals surface area (Å²) in [5.41, 5.74) is 3.35. The number of carbonyl (C=O) groups is 2. The van der Waals surface area contributed by atoms with Crippen molar-refractivity contribution in [2.45, 2.75) is 24.8 Å². The fraction of sp³-hybridized carbons (Fsp3) is 0.143. The minimum atomic E-state index is -0.732. The Morgan fingerprint density at radius 1 is 0.857 bits per heavy atom. The lowest BCUT2D eigenvalue weighted by molar-refractivity contribution is -0.116. The van der Waals surface area contributed by atoms with Crippen LogP contribution < -0.4 is 15.5 Å². The zero-order valence-corrected chi connectivity index (χ0v) is 18.8. The van der Waals surface area contributed by atoms with Crippen LogP contribution in [0.3, 0.4) is 0 Å². The third-order valence-electron chi connectivity index (χ3n) is 6.49. The first-order valence-electron chi connectivity index (χ1n) is 11.5. The SMILES string of the molecule is O=C1CC(c2ccco2)CC2=C1C(c1ccco1)N(C(=O)Nc1ccccc1)c1ccccc1N2. The third kappa shape index (κ3) is 3.81. The number of fused-ring (bicyclic) bond motifs is 1. The molecular formula is C28H23N3O4. The zero-order chi connectivity index (χ0) is 23.8. The molecule has 6 rings (SSSR count). The predicted octanol–water partition coefficient (Wildman–Crippen LogP) is 6.48. The number of para-hydroxylation sites is 3. The highest BCUT2D eigenvalue weighted by atomic mass is 16.3. The Balaban J connectivity index is 1.50. The topological polar surface area (TPSA) is 87.7 Å². The minimum Gasteiger partial charge on any atom is -0.469 e. The van der Waals surface area contributed by atoms with Gasteiger partial charge >= 0.3 is 6.03 Å². The van der Waals surface area contributed by atoms with Gasteiger partial charge in [-0.25, -0.2) is 4.79 Å². The van der Waals surface area contributed by atoms with Gasteiger partial charge in [0.05, 0.1) is 23.9 Å². The maximum absolute atomic E-state index is 13.8. The van der Waals surface area contributed by atoms with Crippen LogP contribution >= 0.6 is 0 Å². The molecule has 4 aromatic rings. The highest BCUT2D eigenvalue weighted by molar-refractivity contribution is 6.09. The molecule has 2 atom stereocenters. The molecule has 0 spiro atoms. The first kappa shape index (κ1) is 21.0. The van der Waals surface area contributed by atoms with Crippen LogP contribution in [0.2, 0.25) is 0 Å². The summed E-state index contributed by atoms with van der Waals surface area (Å²) in [6.45, 7) is 0. The summed E-state index contributed by atoms with van der Waals surface area (Å²) in [6.07, 6.45) is 4.05. The number of hydrogen-bond donors (Lipinski definition) is 2. The number of Topliss-reactive ketones (excluding diaryl/α,β-unsaturated/α-hetero) is 1. The zero-order valence-electron chi connectivity index (χ0n) is 18.8. The second-order valence-electron chi connectivity index (χ2n) is 8.66. The van der Waals surface area contributed by atoms with E-state index in [4.69, 9.17) is 8.83 Å². The van der Waals surface area contributed by atoms with Crippen molar-refractivity contribution < 1.29 is 18.4 Å². The van der Waals surface area contributed by atoms with E-state index in [0.29, 0.717) is 29.1 Å². The van der Waals surface area contributed by atoms with Gasteiger partial charge in [0.1, 0.15) is 17.6 Å². The highest BCUT2D eigenvalue weighted by Gasteiger charge is 2.43. The van der Waals surface area contributed by atoms with Crippen molar-refractivity contribution in [1.82, 2.24) is 0 Å². The van der Waals surface area contributed by atoms with E-state index in [2.05, 4.69) is 10.6 Å². The monoisotopic (exact) mass is 465 g/mol.